The lowest BCUT2D eigenvalue weighted by Crippen LogP contribution is -2.30. The Morgan fingerprint density at radius 3 is 2.54 bits per heavy atom. The van der Waals surface area contributed by atoms with E-state index in [1.165, 1.54) is 12.0 Å². The highest BCUT2D eigenvalue weighted by molar-refractivity contribution is 7.16. The Balaban J connectivity index is 1.83. The standard InChI is InChI=1S/C14H15F6N5O2S/c1-27-6-9-22-25-8(11(14(18,19)20)21-12(25)28-9)4-24-7-23(5-10(24)26)3-2-13(15,16)17/h2-7H2,1H3. The lowest BCUT2D eigenvalue weighted by Gasteiger charge is -2.19. The second-order valence-electron chi connectivity index (χ2n) is 6.18. The summed E-state index contributed by atoms with van der Waals surface area (Å²) in [5, 5.41) is 4.44. The van der Waals surface area contributed by atoms with Crippen LogP contribution in [0.3, 0.4) is 0 Å². The molecule has 1 saturated heterocycles. The van der Waals surface area contributed by atoms with Gasteiger partial charge in [0.05, 0.1) is 38.5 Å². The lowest BCUT2D eigenvalue weighted by molar-refractivity contribution is -0.142. The molecule has 14 heteroatoms. The van der Waals surface area contributed by atoms with Crippen LogP contribution in [0.15, 0.2) is 0 Å². The first-order valence-corrected chi connectivity index (χ1v) is 8.80. The van der Waals surface area contributed by atoms with E-state index in [1.54, 1.807) is 0 Å². The summed E-state index contributed by atoms with van der Waals surface area (Å²) in [6, 6.07) is 0. The maximum atomic E-state index is 13.3. The molecule has 1 fully saturated rings. The van der Waals surface area contributed by atoms with E-state index in [1.807, 2.05) is 0 Å². The quantitative estimate of drug-likeness (QED) is 0.658. The van der Waals surface area contributed by atoms with Gasteiger partial charge in [0, 0.05) is 13.7 Å². The highest BCUT2D eigenvalue weighted by Crippen LogP contribution is 2.34. The van der Waals surface area contributed by atoms with Crippen LogP contribution in [0.1, 0.15) is 22.8 Å². The molecule has 7 nitrogen and oxygen atoms in total. The second kappa shape index (κ2) is 7.48. The molecule has 0 aromatic carbocycles. The molecule has 0 N–H and O–H groups in total. The molecule has 1 aliphatic rings. The minimum absolute atomic E-state index is 0.00468. The van der Waals surface area contributed by atoms with Crippen molar-refractivity contribution in [3.8, 4) is 0 Å². The van der Waals surface area contributed by atoms with Crippen molar-refractivity contribution in [1.82, 2.24) is 24.4 Å². The zero-order valence-electron chi connectivity index (χ0n) is 14.5. The number of ether oxygens (including phenoxy) is 1. The Kier molecular flexibility index (Phi) is 5.55. The number of aromatic nitrogens is 3. The highest BCUT2D eigenvalue weighted by Gasteiger charge is 2.40. The van der Waals surface area contributed by atoms with Gasteiger partial charge in [0.15, 0.2) is 5.69 Å². The van der Waals surface area contributed by atoms with E-state index < -0.39 is 43.5 Å². The number of amides is 1. The van der Waals surface area contributed by atoms with Crippen molar-refractivity contribution in [3.05, 3.63) is 16.4 Å². The Morgan fingerprint density at radius 2 is 1.93 bits per heavy atom. The topological polar surface area (TPSA) is 63.0 Å². The SMILES string of the molecule is COCc1nn2c(CN3CN(CCC(F)(F)F)CC3=O)c(C(F)(F)F)nc2s1. The third-order valence-electron chi connectivity index (χ3n) is 4.01. The van der Waals surface area contributed by atoms with Gasteiger partial charge in [-0.1, -0.05) is 11.3 Å². The minimum Gasteiger partial charge on any atom is -0.377 e. The number of rotatable bonds is 6. The summed E-state index contributed by atoms with van der Waals surface area (Å²) in [4.78, 5) is 18.0. The van der Waals surface area contributed by atoms with E-state index in [0.717, 1.165) is 20.8 Å². The van der Waals surface area contributed by atoms with Gasteiger partial charge in [-0.05, 0) is 0 Å². The molecule has 0 bridgehead atoms. The van der Waals surface area contributed by atoms with Crippen LogP contribution in [0.2, 0.25) is 0 Å². The van der Waals surface area contributed by atoms with Crippen LogP contribution in [-0.4, -0.2) is 63.3 Å². The molecule has 28 heavy (non-hydrogen) atoms. The first-order chi connectivity index (χ1) is 13.0. The Labute approximate surface area is 158 Å². The molecule has 1 aliphatic heterocycles. The Hall–Kier alpha value is -1.93. The van der Waals surface area contributed by atoms with Crippen molar-refractivity contribution in [2.75, 3.05) is 26.9 Å². The molecule has 0 spiro atoms. The molecule has 0 radical (unpaired) electrons. The van der Waals surface area contributed by atoms with Gasteiger partial charge in [0.1, 0.15) is 5.01 Å². The van der Waals surface area contributed by atoms with Gasteiger partial charge in [0.2, 0.25) is 10.9 Å². The molecule has 0 saturated carbocycles. The average molecular weight is 431 g/mol. The summed E-state index contributed by atoms with van der Waals surface area (Å²) in [6.07, 6.45) is -10.2. The number of carbonyl (C=O) groups is 1. The first-order valence-electron chi connectivity index (χ1n) is 7.98. The number of alkyl halides is 6. The lowest BCUT2D eigenvalue weighted by atomic mass is 10.3. The third kappa shape index (κ3) is 4.55. The number of hydrogen-bond acceptors (Lipinski definition) is 6. The number of imidazole rings is 1. The minimum atomic E-state index is -4.76. The summed E-state index contributed by atoms with van der Waals surface area (Å²) in [6.45, 7) is -1.27. The number of halogens is 6. The van der Waals surface area contributed by atoms with Gasteiger partial charge in [-0.15, -0.1) is 0 Å². The molecule has 0 aliphatic carbocycles. The van der Waals surface area contributed by atoms with Crippen molar-refractivity contribution in [3.63, 3.8) is 0 Å². The molecule has 3 heterocycles. The maximum Gasteiger partial charge on any atom is 0.435 e. The van der Waals surface area contributed by atoms with E-state index in [2.05, 4.69) is 10.1 Å². The smallest absolute Gasteiger partial charge is 0.377 e. The average Bonchev–Trinajstić information content (AvgIpc) is 3.19. The van der Waals surface area contributed by atoms with Crippen LogP contribution < -0.4 is 0 Å². The fourth-order valence-corrected chi connectivity index (χ4v) is 3.68. The van der Waals surface area contributed by atoms with Crippen LogP contribution in [0.5, 0.6) is 0 Å². The Bertz CT molecular complexity index is 861. The third-order valence-corrected chi connectivity index (χ3v) is 4.89. The summed E-state index contributed by atoms with van der Waals surface area (Å²) in [5.74, 6) is -0.558. The van der Waals surface area contributed by atoms with E-state index in [9.17, 15) is 31.1 Å². The predicted octanol–water partition coefficient (Wildman–Crippen LogP) is 2.51. The summed E-state index contributed by atoms with van der Waals surface area (Å²) < 4.78 is 83.0. The summed E-state index contributed by atoms with van der Waals surface area (Å²) in [5.41, 5.74) is -1.51. The zero-order chi connectivity index (χ0) is 20.7. The highest BCUT2D eigenvalue weighted by atomic mass is 32.1. The number of methoxy groups -OCH3 is 1. The maximum absolute atomic E-state index is 13.3. The number of fused-ring (bicyclic) bond motifs is 1. The molecule has 0 unspecified atom stereocenters. The van der Waals surface area contributed by atoms with Crippen molar-refractivity contribution < 1.29 is 35.9 Å². The molecular weight excluding hydrogens is 416 g/mol. The van der Waals surface area contributed by atoms with Gasteiger partial charge < -0.3 is 9.64 Å². The first kappa shape index (κ1) is 20.8. The normalized spacial score (nSPS) is 16.7. The fourth-order valence-electron chi connectivity index (χ4n) is 2.80. The molecular formula is C14H15F6N5O2S. The summed E-state index contributed by atoms with van der Waals surface area (Å²) in [7, 11) is 1.41. The molecule has 2 aromatic rings. The van der Waals surface area contributed by atoms with E-state index in [-0.39, 0.29) is 30.5 Å². The van der Waals surface area contributed by atoms with E-state index in [4.69, 9.17) is 4.74 Å². The number of hydrogen-bond donors (Lipinski definition) is 0. The van der Waals surface area contributed by atoms with E-state index >= 15 is 0 Å². The van der Waals surface area contributed by atoms with Crippen molar-refractivity contribution in [2.24, 2.45) is 0 Å². The van der Waals surface area contributed by atoms with Crippen LogP contribution in [0, 0.1) is 0 Å². The van der Waals surface area contributed by atoms with Gasteiger partial charge in [-0.3, -0.25) is 9.69 Å². The van der Waals surface area contributed by atoms with Gasteiger partial charge in [0.25, 0.3) is 0 Å². The van der Waals surface area contributed by atoms with Gasteiger partial charge in [-0.2, -0.15) is 31.4 Å². The zero-order valence-corrected chi connectivity index (χ0v) is 15.3. The van der Waals surface area contributed by atoms with Crippen LogP contribution in [0.4, 0.5) is 26.3 Å². The molecule has 3 rings (SSSR count). The van der Waals surface area contributed by atoms with Crippen molar-refractivity contribution in [2.45, 2.75) is 31.9 Å². The molecule has 0 atom stereocenters. The Morgan fingerprint density at radius 1 is 1.21 bits per heavy atom. The number of carbonyl (C=O) groups excluding carboxylic acids is 1. The largest absolute Gasteiger partial charge is 0.435 e. The van der Waals surface area contributed by atoms with Crippen molar-refractivity contribution in [1.29, 1.82) is 0 Å². The van der Waals surface area contributed by atoms with Crippen LogP contribution in [0.25, 0.3) is 4.96 Å². The van der Waals surface area contributed by atoms with E-state index in [0.29, 0.717) is 5.01 Å². The van der Waals surface area contributed by atoms with Crippen LogP contribution >= 0.6 is 11.3 Å². The second-order valence-corrected chi connectivity index (χ2v) is 7.22. The fraction of sp³-hybridized carbons (Fsp3) is 0.643. The summed E-state index contributed by atoms with van der Waals surface area (Å²) >= 11 is 0.920. The predicted molar refractivity (Wildman–Crippen MR) is 84.2 cm³/mol. The van der Waals surface area contributed by atoms with Gasteiger partial charge >= 0.3 is 12.4 Å². The van der Waals surface area contributed by atoms with Crippen molar-refractivity contribution >= 4 is 22.2 Å². The molecule has 2 aromatic heterocycles. The molecule has 1 amide bonds. The molecule has 156 valence electrons. The monoisotopic (exact) mass is 431 g/mol. The van der Waals surface area contributed by atoms with Crippen LogP contribution in [-0.2, 0) is 28.9 Å². The number of nitrogens with zero attached hydrogens (tertiary/aromatic N) is 5. The van der Waals surface area contributed by atoms with Gasteiger partial charge in [-0.25, -0.2) is 9.50 Å².